The molecule has 0 aliphatic rings. The van der Waals surface area contributed by atoms with Crippen molar-refractivity contribution < 1.29 is 18.7 Å². The number of pyridine rings is 1. The van der Waals surface area contributed by atoms with E-state index >= 15 is 0 Å². The number of benzene rings is 1. The first-order chi connectivity index (χ1) is 9.61. The van der Waals surface area contributed by atoms with E-state index in [2.05, 4.69) is 4.98 Å². The van der Waals surface area contributed by atoms with Crippen LogP contribution in [0.15, 0.2) is 36.5 Å². The summed E-state index contributed by atoms with van der Waals surface area (Å²) in [6.45, 7) is 1.55. The molecule has 0 aliphatic heterocycles. The maximum Gasteiger partial charge on any atom is 0.219 e. The number of hydrogen-bond acceptors (Lipinski definition) is 4. The van der Waals surface area contributed by atoms with Crippen LogP contribution in [0, 0.1) is 5.82 Å². The number of halogens is 1. The largest absolute Gasteiger partial charge is 0.488 e. The molecule has 0 spiro atoms. The van der Waals surface area contributed by atoms with E-state index in [0.717, 1.165) is 0 Å². The van der Waals surface area contributed by atoms with Gasteiger partial charge in [0.1, 0.15) is 18.2 Å². The van der Waals surface area contributed by atoms with E-state index in [-0.39, 0.29) is 18.1 Å². The standard InChI is InChI=1S/C15H14FNO3/c1-10(18)13-6-5-12(16)8-14(13)20-9-11-4-3-7-17-15(11)19-2/h3-8H,9H2,1-2H3. The van der Waals surface area contributed by atoms with E-state index in [4.69, 9.17) is 9.47 Å². The highest BCUT2D eigenvalue weighted by Gasteiger charge is 2.11. The lowest BCUT2D eigenvalue weighted by Crippen LogP contribution is -2.04. The lowest BCUT2D eigenvalue weighted by atomic mass is 10.1. The maximum atomic E-state index is 13.3. The van der Waals surface area contributed by atoms with Gasteiger partial charge in [0.15, 0.2) is 5.78 Å². The van der Waals surface area contributed by atoms with E-state index in [0.29, 0.717) is 17.0 Å². The molecule has 2 rings (SSSR count). The summed E-state index contributed by atoms with van der Waals surface area (Å²) >= 11 is 0. The van der Waals surface area contributed by atoms with Crippen molar-refractivity contribution in [2.24, 2.45) is 0 Å². The molecule has 4 nitrogen and oxygen atoms in total. The molecular formula is C15H14FNO3. The van der Waals surface area contributed by atoms with Crippen LogP contribution in [0.5, 0.6) is 11.6 Å². The molecule has 0 atom stereocenters. The first kappa shape index (κ1) is 14.0. The third kappa shape index (κ3) is 3.12. The van der Waals surface area contributed by atoms with Crippen molar-refractivity contribution in [3.05, 3.63) is 53.5 Å². The number of ether oxygens (including phenoxy) is 2. The second kappa shape index (κ2) is 6.14. The number of carbonyl (C=O) groups excluding carboxylic acids is 1. The summed E-state index contributed by atoms with van der Waals surface area (Å²) in [5.41, 5.74) is 1.06. The number of methoxy groups -OCH3 is 1. The van der Waals surface area contributed by atoms with Crippen molar-refractivity contribution in [1.29, 1.82) is 0 Å². The summed E-state index contributed by atoms with van der Waals surface area (Å²) in [5, 5.41) is 0. The number of carbonyl (C=O) groups is 1. The van der Waals surface area contributed by atoms with Crippen LogP contribution in [0.1, 0.15) is 22.8 Å². The fraction of sp³-hybridized carbons (Fsp3) is 0.200. The number of hydrogen-bond donors (Lipinski definition) is 0. The van der Waals surface area contributed by atoms with Crippen LogP contribution in [0.3, 0.4) is 0 Å². The third-order valence-corrected chi connectivity index (χ3v) is 2.75. The lowest BCUT2D eigenvalue weighted by Gasteiger charge is -2.11. The Kier molecular flexibility index (Phi) is 4.30. The summed E-state index contributed by atoms with van der Waals surface area (Å²) in [4.78, 5) is 15.5. The zero-order valence-electron chi connectivity index (χ0n) is 11.2. The molecule has 1 aromatic carbocycles. The van der Waals surface area contributed by atoms with Crippen LogP contribution in [0.25, 0.3) is 0 Å². The molecule has 5 heteroatoms. The Morgan fingerprint density at radius 1 is 1.35 bits per heavy atom. The minimum absolute atomic E-state index is 0.140. The van der Waals surface area contributed by atoms with Gasteiger partial charge in [-0.25, -0.2) is 9.37 Å². The van der Waals surface area contributed by atoms with Crippen LogP contribution < -0.4 is 9.47 Å². The molecule has 0 radical (unpaired) electrons. The van der Waals surface area contributed by atoms with Crippen molar-refractivity contribution in [3.63, 3.8) is 0 Å². The molecule has 0 fully saturated rings. The monoisotopic (exact) mass is 275 g/mol. The molecule has 20 heavy (non-hydrogen) atoms. The molecular weight excluding hydrogens is 261 g/mol. The summed E-state index contributed by atoms with van der Waals surface area (Å²) < 4.78 is 23.9. The minimum atomic E-state index is -0.455. The van der Waals surface area contributed by atoms with Gasteiger partial charge in [0, 0.05) is 12.3 Å². The number of aromatic nitrogens is 1. The van der Waals surface area contributed by atoms with Crippen molar-refractivity contribution in [3.8, 4) is 11.6 Å². The van der Waals surface area contributed by atoms with Gasteiger partial charge in [-0.15, -0.1) is 0 Å². The van der Waals surface area contributed by atoms with Crippen LogP contribution in [-0.4, -0.2) is 17.9 Å². The number of ketones is 1. The second-order valence-corrected chi connectivity index (χ2v) is 4.16. The van der Waals surface area contributed by atoms with Crippen molar-refractivity contribution in [1.82, 2.24) is 4.98 Å². The molecule has 0 saturated heterocycles. The van der Waals surface area contributed by atoms with E-state index in [9.17, 15) is 9.18 Å². The molecule has 0 N–H and O–H groups in total. The van der Waals surface area contributed by atoms with Gasteiger partial charge < -0.3 is 9.47 Å². The van der Waals surface area contributed by atoms with Gasteiger partial charge in [0.05, 0.1) is 18.2 Å². The second-order valence-electron chi connectivity index (χ2n) is 4.16. The maximum absolute atomic E-state index is 13.3. The zero-order chi connectivity index (χ0) is 14.5. The van der Waals surface area contributed by atoms with Crippen molar-refractivity contribution >= 4 is 5.78 Å². The summed E-state index contributed by atoms with van der Waals surface area (Å²) in [6.07, 6.45) is 1.60. The highest BCUT2D eigenvalue weighted by atomic mass is 19.1. The predicted octanol–water partition coefficient (Wildman–Crippen LogP) is 3.01. The smallest absolute Gasteiger partial charge is 0.219 e. The molecule has 0 bridgehead atoms. The predicted molar refractivity (Wildman–Crippen MR) is 71.5 cm³/mol. The fourth-order valence-electron chi connectivity index (χ4n) is 1.78. The number of rotatable bonds is 5. The SMILES string of the molecule is COc1ncccc1COc1cc(F)ccc1C(C)=O. The average Bonchev–Trinajstić information content (AvgIpc) is 2.45. The van der Waals surface area contributed by atoms with Gasteiger partial charge in [-0.2, -0.15) is 0 Å². The lowest BCUT2D eigenvalue weighted by molar-refractivity contribution is 0.101. The van der Waals surface area contributed by atoms with E-state index < -0.39 is 5.82 Å². The van der Waals surface area contributed by atoms with Gasteiger partial charge in [-0.3, -0.25) is 4.79 Å². The molecule has 0 saturated carbocycles. The molecule has 0 unspecified atom stereocenters. The van der Waals surface area contributed by atoms with E-state index in [1.807, 2.05) is 0 Å². The molecule has 1 heterocycles. The van der Waals surface area contributed by atoms with E-state index in [1.54, 1.807) is 18.3 Å². The fourth-order valence-corrected chi connectivity index (χ4v) is 1.78. The van der Waals surface area contributed by atoms with Gasteiger partial charge in [0.25, 0.3) is 0 Å². The molecule has 104 valence electrons. The Balaban J connectivity index is 2.22. The van der Waals surface area contributed by atoms with Gasteiger partial charge >= 0.3 is 0 Å². The Morgan fingerprint density at radius 2 is 2.15 bits per heavy atom. The van der Waals surface area contributed by atoms with Crippen molar-refractivity contribution in [2.45, 2.75) is 13.5 Å². The normalized spacial score (nSPS) is 10.2. The Hall–Kier alpha value is -2.43. The Labute approximate surface area is 116 Å². The van der Waals surface area contributed by atoms with Crippen LogP contribution in [0.4, 0.5) is 4.39 Å². The average molecular weight is 275 g/mol. The minimum Gasteiger partial charge on any atom is -0.488 e. The quantitative estimate of drug-likeness (QED) is 0.787. The molecule has 0 aliphatic carbocycles. The number of Topliss-reactive ketones (excluding diaryl/α,β-unsaturated/α-hetero) is 1. The topological polar surface area (TPSA) is 48.4 Å². The molecule has 0 amide bonds. The molecule has 2 aromatic rings. The highest BCUT2D eigenvalue weighted by molar-refractivity contribution is 5.96. The molecule has 1 aromatic heterocycles. The van der Waals surface area contributed by atoms with E-state index in [1.165, 1.54) is 32.2 Å². The van der Waals surface area contributed by atoms with Crippen LogP contribution in [0.2, 0.25) is 0 Å². The third-order valence-electron chi connectivity index (χ3n) is 2.75. The Bertz CT molecular complexity index is 628. The number of nitrogens with zero attached hydrogens (tertiary/aromatic N) is 1. The summed E-state index contributed by atoms with van der Waals surface area (Å²) in [7, 11) is 1.51. The van der Waals surface area contributed by atoms with Gasteiger partial charge in [0.2, 0.25) is 5.88 Å². The summed E-state index contributed by atoms with van der Waals surface area (Å²) in [6, 6.07) is 7.37. The van der Waals surface area contributed by atoms with Crippen LogP contribution in [-0.2, 0) is 6.61 Å². The summed E-state index contributed by atoms with van der Waals surface area (Å²) in [5.74, 6) is 0.0120. The first-order valence-corrected chi connectivity index (χ1v) is 6.03. The van der Waals surface area contributed by atoms with Gasteiger partial charge in [-0.1, -0.05) is 0 Å². The first-order valence-electron chi connectivity index (χ1n) is 6.03. The van der Waals surface area contributed by atoms with Crippen LogP contribution >= 0.6 is 0 Å². The van der Waals surface area contributed by atoms with Gasteiger partial charge in [-0.05, 0) is 31.2 Å². The highest BCUT2D eigenvalue weighted by Crippen LogP contribution is 2.23. The Morgan fingerprint density at radius 3 is 2.85 bits per heavy atom. The van der Waals surface area contributed by atoms with Crippen molar-refractivity contribution in [2.75, 3.05) is 7.11 Å². The zero-order valence-corrected chi connectivity index (χ0v) is 11.2.